The van der Waals surface area contributed by atoms with Gasteiger partial charge >= 0.3 is 16.2 Å². The molecular formula is C21H27N3O3S. The van der Waals surface area contributed by atoms with Gasteiger partial charge in [0.25, 0.3) is 0 Å². The third-order valence-electron chi connectivity index (χ3n) is 4.89. The van der Waals surface area contributed by atoms with Crippen molar-refractivity contribution >= 4 is 16.2 Å². The van der Waals surface area contributed by atoms with Crippen LogP contribution in [-0.2, 0) is 23.2 Å². The maximum absolute atomic E-state index is 13.0. The van der Waals surface area contributed by atoms with Crippen LogP contribution in [0.5, 0.6) is 0 Å². The molecule has 150 valence electrons. The van der Waals surface area contributed by atoms with Gasteiger partial charge in [0.15, 0.2) is 0 Å². The standard InChI is InChI=1S/C21H27N3O3S/c25-21(23-15-8-3-9-16-23)22-28(26,27)24(18-20-12-6-2-7-13-20)17-14-19-10-4-1-5-11-19/h1-2,4-7,10-13H,3,8-9,14-18H2,(H,22,25). The Labute approximate surface area is 167 Å². The number of hydrogen-bond acceptors (Lipinski definition) is 3. The van der Waals surface area contributed by atoms with Gasteiger partial charge in [-0.3, -0.25) is 0 Å². The van der Waals surface area contributed by atoms with Gasteiger partial charge in [0, 0.05) is 26.2 Å². The number of benzene rings is 2. The number of likely N-dealkylation sites (tertiary alicyclic amines) is 1. The summed E-state index contributed by atoms with van der Waals surface area (Å²) in [5, 5.41) is 0. The van der Waals surface area contributed by atoms with Crippen LogP contribution in [0.4, 0.5) is 4.79 Å². The predicted octanol–water partition coefficient (Wildman–Crippen LogP) is 3.17. The Balaban J connectivity index is 1.72. The van der Waals surface area contributed by atoms with E-state index in [0.29, 0.717) is 26.1 Å². The zero-order chi connectivity index (χ0) is 19.8. The third kappa shape index (κ3) is 5.81. The lowest BCUT2D eigenvalue weighted by atomic mass is 10.1. The van der Waals surface area contributed by atoms with E-state index in [1.165, 1.54) is 4.31 Å². The van der Waals surface area contributed by atoms with Crippen molar-refractivity contribution in [2.45, 2.75) is 32.2 Å². The molecule has 0 unspecified atom stereocenters. The molecule has 0 spiro atoms. The van der Waals surface area contributed by atoms with E-state index in [1.54, 1.807) is 4.90 Å². The molecule has 0 aliphatic carbocycles. The summed E-state index contributed by atoms with van der Waals surface area (Å²) in [6, 6.07) is 18.6. The average molecular weight is 402 g/mol. The highest BCUT2D eigenvalue weighted by Crippen LogP contribution is 2.13. The Morgan fingerprint density at radius 2 is 1.46 bits per heavy atom. The van der Waals surface area contributed by atoms with Crippen molar-refractivity contribution in [2.75, 3.05) is 19.6 Å². The van der Waals surface area contributed by atoms with Crippen molar-refractivity contribution in [1.29, 1.82) is 0 Å². The van der Waals surface area contributed by atoms with E-state index >= 15 is 0 Å². The Bertz CT molecular complexity index is 851. The van der Waals surface area contributed by atoms with E-state index < -0.39 is 16.2 Å². The number of nitrogens with one attached hydrogen (secondary N) is 1. The molecule has 2 aromatic carbocycles. The number of nitrogens with zero attached hydrogens (tertiary/aromatic N) is 2. The Morgan fingerprint density at radius 1 is 0.893 bits per heavy atom. The number of carbonyl (C=O) groups is 1. The van der Waals surface area contributed by atoms with E-state index in [0.717, 1.165) is 30.4 Å². The summed E-state index contributed by atoms with van der Waals surface area (Å²) in [7, 11) is -3.95. The number of rotatable bonds is 7. The number of amides is 2. The van der Waals surface area contributed by atoms with Gasteiger partial charge in [0.2, 0.25) is 0 Å². The number of carbonyl (C=O) groups excluding carboxylic acids is 1. The first-order valence-corrected chi connectivity index (χ1v) is 11.1. The van der Waals surface area contributed by atoms with Gasteiger partial charge in [-0.05, 0) is 36.8 Å². The predicted molar refractivity (Wildman–Crippen MR) is 110 cm³/mol. The van der Waals surface area contributed by atoms with Gasteiger partial charge in [0.1, 0.15) is 0 Å². The van der Waals surface area contributed by atoms with Crippen LogP contribution in [0.3, 0.4) is 0 Å². The summed E-state index contributed by atoms with van der Waals surface area (Å²) in [5.74, 6) is 0. The van der Waals surface area contributed by atoms with Crippen molar-refractivity contribution < 1.29 is 13.2 Å². The zero-order valence-corrected chi connectivity index (χ0v) is 16.8. The van der Waals surface area contributed by atoms with Gasteiger partial charge in [0.05, 0.1) is 0 Å². The fourth-order valence-corrected chi connectivity index (χ4v) is 4.44. The van der Waals surface area contributed by atoms with Crippen LogP contribution in [0.25, 0.3) is 0 Å². The van der Waals surface area contributed by atoms with Crippen LogP contribution in [0.1, 0.15) is 30.4 Å². The second kappa shape index (κ2) is 9.71. The topological polar surface area (TPSA) is 69.7 Å². The van der Waals surface area contributed by atoms with Gasteiger partial charge < -0.3 is 4.90 Å². The van der Waals surface area contributed by atoms with Crippen LogP contribution < -0.4 is 4.72 Å². The molecule has 0 bridgehead atoms. The quantitative estimate of drug-likeness (QED) is 0.775. The molecule has 7 heteroatoms. The van der Waals surface area contributed by atoms with Crippen molar-refractivity contribution in [3.05, 3.63) is 71.8 Å². The second-order valence-corrected chi connectivity index (χ2v) is 8.69. The molecule has 1 aliphatic rings. The van der Waals surface area contributed by atoms with E-state index in [2.05, 4.69) is 4.72 Å². The Kier molecular flexibility index (Phi) is 7.06. The largest absolute Gasteiger partial charge is 0.332 e. The molecule has 1 fully saturated rings. The minimum Gasteiger partial charge on any atom is -0.324 e. The number of piperidine rings is 1. The van der Waals surface area contributed by atoms with Crippen LogP contribution in [0.2, 0.25) is 0 Å². The number of hydrogen-bond donors (Lipinski definition) is 1. The van der Waals surface area contributed by atoms with E-state index in [1.807, 2.05) is 60.7 Å². The van der Waals surface area contributed by atoms with Crippen molar-refractivity contribution in [3.8, 4) is 0 Å². The maximum atomic E-state index is 13.0. The lowest BCUT2D eigenvalue weighted by Gasteiger charge is -2.28. The maximum Gasteiger partial charge on any atom is 0.332 e. The molecule has 0 aromatic heterocycles. The minimum absolute atomic E-state index is 0.219. The Morgan fingerprint density at radius 3 is 2.07 bits per heavy atom. The molecule has 6 nitrogen and oxygen atoms in total. The summed E-state index contributed by atoms with van der Waals surface area (Å²) in [6.07, 6.45) is 3.48. The summed E-state index contributed by atoms with van der Waals surface area (Å²) < 4.78 is 29.6. The first kappa shape index (κ1) is 20.4. The molecule has 1 aliphatic heterocycles. The molecule has 2 amide bonds. The van der Waals surface area contributed by atoms with Crippen molar-refractivity contribution in [2.24, 2.45) is 0 Å². The minimum atomic E-state index is -3.95. The van der Waals surface area contributed by atoms with Gasteiger partial charge in [-0.1, -0.05) is 60.7 Å². The summed E-state index contributed by atoms with van der Waals surface area (Å²) in [4.78, 5) is 14.0. The first-order chi connectivity index (χ1) is 13.5. The lowest BCUT2D eigenvalue weighted by Crippen LogP contribution is -2.50. The Hall–Kier alpha value is -2.38. The lowest BCUT2D eigenvalue weighted by molar-refractivity contribution is 0.191. The molecule has 2 aromatic rings. The highest BCUT2D eigenvalue weighted by atomic mass is 32.2. The summed E-state index contributed by atoms with van der Waals surface area (Å²) in [6.45, 7) is 1.71. The van der Waals surface area contributed by atoms with E-state index in [4.69, 9.17) is 0 Å². The van der Waals surface area contributed by atoms with Crippen molar-refractivity contribution in [1.82, 2.24) is 13.9 Å². The fraction of sp³-hybridized carbons (Fsp3) is 0.381. The molecular weight excluding hydrogens is 374 g/mol. The smallest absolute Gasteiger partial charge is 0.324 e. The molecule has 0 radical (unpaired) electrons. The van der Waals surface area contributed by atoms with Gasteiger partial charge in [-0.2, -0.15) is 12.7 Å². The SMILES string of the molecule is O=C(NS(=O)(=O)N(CCc1ccccc1)Cc1ccccc1)N1CCCCC1. The van der Waals surface area contributed by atoms with Crippen LogP contribution in [0.15, 0.2) is 60.7 Å². The highest BCUT2D eigenvalue weighted by Gasteiger charge is 2.27. The summed E-state index contributed by atoms with van der Waals surface area (Å²) in [5.41, 5.74) is 1.93. The van der Waals surface area contributed by atoms with E-state index in [-0.39, 0.29) is 6.54 Å². The number of urea groups is 1. The zero-order valence-electron chi connectivity index (χ0n) is 16.0. The van der Waals surface area contributed by atoms with E-state index in [9.17, 15) is 13.2 Å². The highest BCUT2D eigenvalue weighted by molar-refractivity contribution is 7.87. The average Bonchev–Trinajstić information content (AvgIpc) is 2.73. The molecule has 3 rings (SSSR count). The molecule has 1 saturated heterocycles. The van der Waals surface area contributed by atoms with Crippen LogP contribution >= 0.6 is 0 Å². The molecule has 0 saturated carbocycles. The normalized spacial score (nSPS) is 14.8. The molecule has 0 atom stereocenters. The first-order valence-electron chi connectivity index (χ1n) is 9.69. The molecule has 1 heterocycles. The van der Waals surface area contributed by atoms with Crippen LogP contribution in [-0.4, -0.2) is 43.3 Å². The van der Waals surface area contributed by atoms with Crippen LogP contribution in [0, 0.1) is 0 Å². The monoisotopic (exact) mass is 401 g/mol. The summed E-state index contributed by atoms with van der Waals surface area (Å²) >= 11 is 0. The van der Waals surface area contributed by atoms with Gasteiger partial charge in [-0.25, -0.2) is 9.52 Å². The van der Waals surface area contributed by atoms with Gasteiger partial charge in [-0.15, -0.1) is 0 Å². The third-order valence-corrected chi connectivity index (χ3v) is 6.32. The molecule has 28 heavy (non-hydrogen) atoms. The van der Waals surface area contributed by atoms with Crippen molar-refractivity contribution in [3.63, 3.8) is 0 Å². The fourth-order valence-electron chi connectivity index (χ4n) is 3.31. The molecule has 1 N–H and O–H groups in total. The second-order valence-electron chi connectivity index (χ2n) is 7.01.